The van der Waals surface area contributed by atoms with E-state index in [9.17, 15) is 4.79 Å². The van der Waals surface area contributed by atoms with Gasteiger partial charge in [0.2, 0.25) is 0 Å². The summed E-state index contributed by atoms with van der Waals surface area (Å²) in [5.74, 6) is 0.686. The number of amides is 1. The van der Waals surface area contributed by atoms with Crippen LogP contribution in [0, 0.1) is 5.92 Å². The van der Waals surface area contributed by atoms with Crippen LogP contribution in [0.1, 0.15) is 28.8 Å². The summed E-state index contributed by atoms with van der Waals surface area (Å²) < 4.78 is 1.54. The molecule has 0 aliphatic carbocycles. The van der Waals surface area contributed by atoms with E-state index in [0.717, 1.165) is 32.4 Å². The van der Waals surface area contributed by atoms with E-state index in [2.05, 4.69) is 39.8 Å². The maximum atomic E-state index is 13.0. The van der Waals surface area contributed by atoms with Crippen molar-refractivity contribution in [3.05, 3.63) is 72.1 Å². The number of carbonyl (C=O) groups excluding carboxylic acids is 1. The zero-order chi connectivity index (χ0) is 17.8. The molecule has 2 aromatic carbocycles. The van der Waals surface area contributed by atoms with Crippen LogP contribution in [0.3, 0.4) is 0 Å². The van der Waals surface area contributed by atoms with E-state index in [4.69, 9.17) is 0 Å². The Morgan fingerprint density at radius 3 is 2.46 bits per heavy atom. The molecule has 0 saturated carbocycles. The number of tetrazole rings is 1. The van der Waals surface area contributed by atoms with Crippen LogP contribution in [-0.4, -0.2) is 44.1 Å². The molecule has 0 unspecified atom stereocenters. The zero-order valence-electron chi connectivity index (χ0n) is 14.5. The van der Waals surface area contributed by atoms with Crippen molar-refractivity contribution in [1.29, 1.82) is 0 Å². The minimum Gasteiger partial charge on any atom is -0.339 e. The monoisotopic (exact) mass is 347 g/mol. The Balaban J connectivity index is 1.43. The first-order chi connectivity index (χ1) is 12.8. The third-order valence-electron chi connectivity index (χ3n) is 5.00. The number of benzene rings is 2. The van der Waals surface area contributed by atoms with Gasteiger partial charge in [-0.3, -0.25) is 4.79 Å². The molecule has 4 rings (SSSR count). The van der Waals surface area contributed by atoms with Crippen molar-refractivity contribution < 1.29 is 4.79 Å². The van der Waals surface area contributed by atoms with Gasteiger partial charge in [0.15, 0.2) is 0 Å². The number of para-hydroxylation sites is 1. The molecule has 0 N–H and O–H groups in total. The van der Waals surface area contributed by atoms with E-state index in [1.165, 1.54) is 16.6 Å². The van der Waals surface area contributed by atoms with Crippen LogP contribution < -0.4 is 0 Å². The van der Waals surface area contributed by atoms with Crippen LogP contribution in [0.5, 0.6) is 0 Å². The highest BCUT2D eigenvalue weighted by atomic mass is 16.2. The van der Waals surface area contributed by atoms with Gasteiger partial charge in [0.25, 0.3) is 5.91 Å². The first-order valence-corrected chi connectivity index (χ1v) is 8.97. The Labute approximate surface area is 152 Å². The lowest BCUT2D eigenvalue weighted by atomic mass is 9.90. The molecule has 1 aliphatic rings. The topological polar surface area (TPSA) is 63.9 Å². The number of carbonyl (C=O) groups is 1. The Bertz CT molecular complexity index is 855. The zero-order valence-corrected chi connectivity index (χ0v) is 14.5. The Kier molecular flexibility index (Phi) is 4.73. The lowest BCUT2D eigenvalue weighted by Crippen LogP contribution is -2.39. The molecule has 1 aromatic heterocycles. The van der Waals surface area contributed by atoms with E-state index < -0.39 is 0 Å². The normalized spacial score (nSPS) is 15.2. The third kappa shape index (κ3) is 3.49. The largest absolute Gasteiger partial charge is 0.339 e. The summed E-state index contributed by atoms with van der Waals surface area (Å²) in [5, 5.41) is 11.3. The van der Waals surface area contributed by atoms with E-state index in [0.29, 0.717) is 17.2 Å². The summed E-state index contributed by atoms with van der Waals surface area (Å²) in [6, 6.07) is 18.1. The molecule has 6 heteroatoms. The molecule has 1 saturated heterocycles. The average Bonchev–Trinajstić information content (AvgIpc) is 3.24. The van der Waals surface area contributed by atoms with Gasteiger partial charge in [-0.2, -0.15) is 4.68 Å². The van der Waals surface area contributed by atoms with Crippen LogP contribution in [0.15, 0.2) is 60.9 Å². The van der Waals surface area contributed by atoms with Gasteiger partial charge in [0, 0.05) is 13.1 Å². The second kappa shape index (κ2) is 7.47. The molecule has 0 spiro atoms. The third-order valence-corrected chi connectivity index (χ3v) is 5.00. The molecule has 0 bridgehead atoms. The number of nitrogens with zero attached hydrogens (tertiary/aromatic N) is 5. The molecule has 132 valence electrons. The quantitative estimate of drug-likeness (QED) is 0.728. The molecule has 1 amide bonds. The minimum atomic E-state index is 0.0502. The summed E-state index contributed by atoms with van der Waals surface area (Å²) >= 11 is 0. The molecule has 3 aromatic rings. The predicted octanol–water partition coefficient (Wildman–Crippen LogP) is 2.76. The highest BCUT2D eigenvalue weighted by molar-refractivity contribution is 5.97. The Morgan fingerprint density at radius 2 is 1.73 bits per heavy atom. The first-order valence-electron chi connectivity index (χ1n) is 8.97. The fourth-order valence-electron chi connectivity index (χ4n) is 3.58. The van der Waals surface area contributed by atoms with Gasteiger partial charge in [0.05, 0.1) is 11.3 Å². The predicted molar refractivity (Wildman–Crippen MR) is 97.9 cm³/mol. The van der Waals surface area contributed by atoms with Crippen molar-refractivity contribution in [2.45, 2.75) is 19.3 Å². The Hall–Kier alpha value is -3.02. The van der Waals surface area contributed by atoms with Gasteiger partial charge < -0.3 is 4.90 Å². The smallest absolute Gasteiger partial charge is 0.256 e. The van der Waals surface area contributed by atoms with Crippen LogP contribution in [0.25, 0.3) is 5.69 Å². The van der Waals surface area contributed by atoms with Crippen molar-refractivity contribution >= 4 is 5.91 Å². The maximum absolute atomic E-state index is 13.0. The fraction of sp³-hybridized carbons (Fsp3) is 0.300. The van der Waals surface area contributed by atoms with Crippen LogP contribution in [-0.2, 0) is 6.42 Å². The molecule has 1 fully saturated rings. The van der Waals surface area contributed by atoms with E-state index in [-0.39, 0.29) is 5.91 Å². The SMILES string of the molecule is O=C(c1ccccc1-n1cnnn1)N1CCC(Cc2ccccc2)CC1. The van der Waals surface area contributed by atoms with E-state index in [1.807, 2.05) is 35.2 Å². The lowest BCUT2D eigenvalue weighted by Gasteiger charge is -2.32. The average molecular weight is 347 g/mol. The van der Waals surface area contributed by atoms with Gasteiger partial charge in [-0.25, -0.2) is 0 Å². The number of hydrogen-bond donors (Lipinski definition) is 0. The minimum absolute atomic E-state index is 0.0502. The highest BCUT2D eigenvalue weighted by Crippen LogP contribution is 2.24. The number of hydrogen-bond acceptors (Lipinski definition) is 4. The number of aromatic nitrogens is 4. The van der Waals surface area contributed by atoms with Gasteiger partial charge in [-0.15, -0.1) is 5.10 Å². The fourth-order valence-corrected chi connectivity index (χ4v) is 3.58. The van der Waals surface area contributed by atoms with Crippen LogP contribution in [0.4, 0.5) is 0 Å². The summed E-state index contributed by atoms with van der Waals surface area (Å²) in [6.07, 6.45) is 4.67. The summed E-state index contributed by atoms with van der Waals surface area (Å²) in [7, 11) is 0. The van der Waals surface area contributed by atoms with Gasteiger partial charge >= 0.3 is 0 Å². The molecule has 26 heavy (non-hydrogen) atoms. The second-order valence-corrected chi connectivity index (χ2v) is 6.70. The van der Waals surface area contributed by atoms with E-state index in [1.54, 1.807) is 0 Å². The van der Waals surface area contributed by atoms with Crippen LogP contribution in [0.2, 0.25) is 0 Å². The highest BCUT2D eigenvalue weighted by Gasteiger charge is 2.25. The summed E-state index contributed by atoms with van der Waals surface area (Å²) in [6.45, 7) is 1.58. The van der Waals surface area contributed by atoms with Crippen molar-refractivity contribution in [1.82, 2.24) is 25.1 Å². The van der Waals surface area contributed by atoms with Gasteiger partial charge in [-0.1, -0.05) is 42.5 Å². The Morgan fingerprint density at radius 1 is 1.00 bits per heavy atom. The van der Waals surface area contributed by atoms with Crippen LogP contribution >= 0.6 is 0 Å². The summed E-state index contributed by atoms with van der Waals surface area (Å²) in [5.41, 5.74) is 2.73. The lowest BCUT2D eigenvalue weighted by molar-refractivity contribution is 0.0690. The number of rotatable bonds is 4. The van der Waals surface area contributed by atoms with E-state index >= 15 is 0 Å². The maximum Gasteiger partial charge on any atom is 0.256 e. The molecule has 1 aliphatic heterocycles. The van der Waals surface area contributed by atoms with Crippen molar-refractivity contribution in [2.24, 2.45) is 5.92 Å². The molecular weight excluding hydrogens is 326 g/mol. The second-order valence-electron chi connectivity index (χ2n) is 6.70. The molecule has 6 nitrogen and oxygen atoms in total. The molecule has 0 atom stereocenters. The van der Waals surface area contributed by atoms with Crippen molar-refractivity contribution in [3.8, 4) is 5.69 Å². The first kappa shape index (κ1) is 16.4. The standard InChI is InChI=1S/C20H21N5O/c26-20(18-8-4-5-9-19(18)25-15-21-22-23-25)24-12-10-17(11-13-24)14-16-6-2-1-3-7-16/h1-9,15,17H,10-14H2. The molecule has 0 radical (unpaired) electrons. The van der Waals surface area contributed by atoms with Gasteiger partial charge in [0.1, 0.15) is 6.33 Å². The summed E-state index contributed by atoms with van der Waals surface area (Å²) in [4.78, 5) is 15.0. The number of piperidine rings is 1. The van der Waals surface area contributed by atoms with Crippen molar-refractivity contribution in [2.75, 3.05) is 13.1 Å². The molecular formula is C20H21N5O. The van der Waals surface area contributed by atoms with Crippen molar-refractivity contribution in [3.63, 3.8) is 0 Å². The molecule has 2 heterocycles. The van der Waals surface area contributed by atoms with Gasteiger partial charge in [-0.05, 0) is 53.3 Å². The number of likely N-dealkylation sites (tertiary alicyclic amines) is 1.